The van der Waals surface area contributed by atoms with Crippen LogP contribution in [0.3, 0.4) is 0 Å². The number of amides is 1. The minimum absolute atomic E-state index is 0.0171. The summed E-state index contributed by atoms with van der Waals surface area (Å²) in [5.74, 6) is -0.222. The van der Waals surface area contributed by atoms with Crippen LogP contribution in [0.4, 0.5) is 0 Å². The number of ether oxygens (including phenoxy) is 3. The molecule has 0 radical (unpaired) electrons. The average Bonchev–Trinajstić information content (AvgIpc) is 3.38. The topological polar surface area (TPSA) is 73.9 Å². The lowest BCUT2D eigenvalue weighted by atomic mass is 10.1. The fraction of sp³-hybridized carbons (Fsp3) is 0.368. The molecule has 6 nitrogen and oxygen atoms in total. The Kier molecular flexibility index (Phi) is 6.25. The minimum atomic E-state index is -1.03. The van der Waals surface area contributed by atoms with Crippen molar-refractivity contribution in [2.45, 2.75) is 25.0 Å². The molecule has 0 bridgehead atoms. The molecule has 1 aliphatic rings. The number of benzene rings is 1. The molecule has 3 rings (SSSR count). The fourth-order valence-corrected chi connectivity index (χ4v) is 3.33. The Bertz CT molecular complexity index is 723. The van der Waals surface area contributed by atoms with Crippen LogP contribution >= 0.6 is 11.3 Å². The molecule has 1 aromatic heterocycles. The SMILES string of the molecule is COc1ccc([C@H](OC(=O)c2cccs2)C(=O)NC[C@H]2CCCO2)cc1. The highest BCUT2D eigenvalue weighted by atomic mass is 32.1. The van der Waals surface area contributed by atoms with Crippen molar-refractivity contribution in [2.75, 3.05) is 20.3 Å². The van der Waals surface area contributed by atoms with Gasteiger partial charge in [0, 0.05) is 18.7 Å². The zero-order valence-electron chi connectivity index (χ0n) is 14.5. The van der Waals surface area contributed by atoms with Crippen LogP contribution in [0, 0.1) is 0 Å². The van der Waals surface area contributed by atoms with Gasteiger partial charge < -0.3 is 19.5 Å². The van der Waals surface area contributed by atoms with Crippen molar-refractivity contribution in [3.63, 3.8) is 0 Å². The smallest absolute Gasteiger partial charge is 0.349 e. The predicted molar refractivity (Wildman–Crippen MR) is 97.5 cm³/mol. The summed E-state index contributed by atoms with van der Waals surface area (Å²) in [6.45, 7) is 1.12. The van der Waals surface area contributed by atoms with E-state index in [0.29, 0.717) is 22.7 Å². The number of esters is 1. The van der Waals surface area contributed by atoms with Gasteiger partial charge in [-0.15, -0.1) is 11.3 Å². The van der Waals surface area contributed by atoms with E-state index in [-0.39, 0.29) is 12.0 Å². The first-order valence-corrected chi connectivity index (χ1v) is 9.33. The van der Waals surface area contributed by atoms with Gasteiger partial charge >= 0.3 is 5.97 Å². The molecule has 138 valence electrons. The number of thiophene rings is 1. The summed E-state index contributed by atoms with van der Waals surface area (Å²) in [5.41, 5.74) is 0.584. The van der Waals surface area contributed by atoms with Crippen LogP contribution < -0.4 is 10.1 Å². The van der Waals surface area contributed by atoms with Crippen molar-refractivity contribution in [1.29, 1.82) is 0 Å². The van der Waals surface area contributed by atoms with Gasteiger partial charge in [-0.05, 0) is 36.4 Å². The van der Waals surface area contributed by atoms with Crippen molar-refractivity contribution in [2.24, 2.45) is 0 Å². The van der Waals surface area contributed by atoms with Crippen LogP contribution in [0.15, 0.2) is 41.8 Å². The maximum Gasteiger partial charge on any atom is 0.349 e. The Balaban J connectivity index is 1.72. The summed E-state index contributed by atoms with van der Waals surface area (Å²) in [6, 6.07) is 10.3. The van der Waals surface area contributed by atoms with Crippen LogP contribution in [0.2, 0.25) is 0 Å². The van der Waals surface area contributed by atoms with Crippen LogP contribution in [0.1, 0.15) is 34.2 Å². The second-order valence-electron chi connectivity index (χ2n) is 5.92. The monoisotopic (exact) mass is 375 g/mol. The van der Waals surface area contributed by atoms with Gasteiger partial charge in [0.25, 0.3) is 5.91 Å². The number of rotatable bonds is 7. The summed E-state index contributed by atoms with van der Waals surface area (Å²) in [4.78, 5) is 25.5. The van der Waals surface area contributed by atoms with Gasteiger partial charge in [-0.2, -0.15) is 0 Å². The molecule has 1 aromatic carbocycles. The van der Waals surface area contributed by atoms with Crippen molar-refractivity contribution in [3.8, 4) is 5.75 Å². The van der Waals surface area contributed by atoms with E-state index in [1.165, 1.54) is 11.3 Å². The number of carbonyl (C=O) groups excluding carboxylic acids is 2. The van der Waals surface area contributed by atoms with Crippen LogP contribution in [-0.2, 0) is 14.3 Å². The van der Waals surface area contributed by atoms with Gasteiger partial charge in [-0.1, -0.05) is 18.2 Å². The van der Waals surface area contributed by atoms with E-state index in [0.717, 1.165) is 19.4 Å². The molecule has 1 saturated heterocycles. The van der Waals surface area contributed by atoms with E-state index in [9.17, 15) is 9.59 Å². The lowest BCUT2D eigenvalue weighted by Gasteiger charge is -2.19. The summed E-state index contributed by atoms with van der Waals surface area (Å²) < 4.78 is 16.2. The van der Waals surface area contributed by atoms with Crippen molar-refractivity contribution in [1.82, 2.24) is 5.32 Å². The second kappa shape index (κ2) is 8.82. The molecule has 2 aromatic rings. The van der Waals surface area contributed by atoms with Crippen LogP contribution in [0.5, 0.6) is 5.75 Å². The fourth-order valence-electron chi connectivity index (χ4n) is 2.72. The molecule has 26 heavy (non-hydrogen) atoms. The van der Waals surface area contributed by atoms with E-state index in [1.54, 1.807) is 48.9 Å². The molecular weight excluding hydrogens is 354 g/mol. The van der Waals surface area contributed by atoms with Crippen molar-refractivity contribution >= 4 is 23.2 Å². The molecule has 0 saturated carbocycles. The third-order valence-corrected chi connectivity index (χ3v) is 4.98. The van der Waals surface area contributed by atoms with Crippen molar-refractivity contribution < 1.29 is 23.8 Å². The second-order valence-corrected chi connectivity index (χ2v) is 6.86. The quantitative estimate of drug-likeness (QED) is 0.753. The molecule has 1 N–H and O–H groups in total. The maximum absolute atomic E-state index is 12.7. The third kappa shape index (κ3) is 4.62. The summed E-state index contributed by atoms with van der Waals surface area (Å²) in [5, 5.41) is 4.62. The van der Waals surface area contributed by atoms with Gasteiger partial charge in [0.2, 0.25) is 6.10 Å². The van der Waals surface area contributed by atoms with Gasteiger partial charge in [0.05, 0.1) is 13.2 Å². The molecule has 1 amide bonds. The highest BCUT2D eigenvalue weighted by Crippen LogP contribution is 2.24. The van der Waals surface area contributed by atoms with Gasteiger partial charge in [-0.25, -0.2) is 4.79 Å². The molecule has 0 unspecified atom stereocenters. The highest BCUT2D eigenvalue weighted by molar-refractivity contribution is 7.11. The largest absolute Gasteiger partial charge is 0.497 e. The van der Waals surface area contributed by atoms with E-state index in [4.69, 9.17) is 14.2 Å². The molecular formula is C19H21NO5S. The maximum atomic E-state index is 12.7. The zero-order chi connectivity index (χ0) is 18.4. The molecule has 1 fully saturated rings. The summed E-state index contributed by atoms with van der Waals surface area (Å²) in [6.07, 6.45) is 0.901. The first-order valence-electron chi connectivity index (χ1n) is 8.45. The average molecular weight is 375 g/mol. The standard InChI is InChI=1S/C19H21NO5S/c1-23-14-8-6-13(7-9-14)17(25-19(22)16-5-3-11-26-16)18(21)20-12-15-4-2-10-24-15/h3,5-9,11,15,17H,2,4,10,12H2,1H3,(H,20,21)/t15-,17+/m1/s1. The Morgan fingerprint density at radius 3 is 2.73 bits per heavy atom. The van der Waals surface area contributed by atoms with E-state index in [2.05, 4.69) is 5.32 Å². The first kappa shape index (κ1) is 18.4. The van der Waals surface area contributed by atoms with Gasteiger partial charge in [0.1, 0.15) is 10.6 Å². The summed E-state index contributed by atoms with van der Waals surface area (Å²) >= 11 is 1.27. The predicted octanol–water partition coefficient (Wildman–Crippen LogP) is 2.95. The first-order chi connectivity index (χ1) is 12.7. The van der Waals surface area contributed by atoms with E-state index in [1.807, 2.05) is 0 Å². The van der Waals surface area contributed by atoms with E-state index >= 15 is 0 Å². The number of nitrogens with one attached hydrogen (secondary N) is 1. The third-order valence-electron chi connectivity index (χ3n) is 4.13. The van der Waals surface area contributed by atoms with Crippen molar-refractivity contribution in [3.05, 3.63) is 52.2 Å². The van der Waals surface area contributed by atoms with E-state index < -0.39 is 12.1 Å². The van der Waals surface area contributed by atoms with Gasteiger partial charge in [0.15, 0.2) is 0 Å². The van der Waals surface area contributed by atoms with Crippen LogP contribution in [-0.4, -0.2) is 38.2 Å². The number of methoxy groups -OCH3 is 1. The Hall–Kier alpha value is -2.38. The zero-order valence-corrected chi connectivity index (χ0v) is 15.3. The number of hydrogen-bond donors (Lipinski definition) is 1. The molecule has 2 atom stereocenters. The molecule has 0 spiro atoms. The van der Waals surface area contributed by atoms with Gasteiger partial charge in [-0.3, -0.25) is 4.79 Å². The molecule has 0 aliphatic carbocycles. The molecule has 2 heterocycles. The number of hydrogen-bond acceptors (Lipinski definition) is 6. The normalized spacial score (nSPS) is 17.5. The lowest BCUT2D eigenvalue weighted by Crippen LogP contribution is -2.36. The lowest BCUT2D eigenvalue weighted by molar-refractivity contribution is -0.130. The highest BCUT2D eigenvalue weighted by Gasteiger charge is 2.27. The minimum Gasteiger partial charge on any atom is -0.497 e. The Morgan fingerprint density at radius 2 is 2.12 bits per heavy atom. The Labute approximate surface area is 156 Å². The Morgan fingerprint density at radius 1 is 1.31 bits per heavy atom. The molecule has 7 heteroatoms. The number of carbonyl (C=O) groups is 2. The van der Waals surface area contributed by atoms with Crippen LogP contribution in [0.25, 0.3) is 0 Å². The molecule has 1 aliphatic heterocycles. The summed E-state index contributed by atoms with van der Waals surface area (Å²) in [7, 11) is 1.57.